The first-order chi connectivity index (χ1) is 15.9. The van der Waals surface area contributed by atoms with Crippen LogP contribution in [0.15, 0.2) is 48.5 Å². The number of fused-ring (bicyclic) bond motifs is 8. The van der Waals surface area contributed by atoms with Crippen molar-refractivity contribution in [2.45, 2.75) is 51.4 Å². The van der Waals surface area contributed by atoms with Crippen molar-refractivity contribution in [2.24, 2.45) is 5.73 Å². The SMILES string of the molecule is Cc1cc(C(=N)N)cc(C)c1CNC(=O)c1ccc2c(c1)C1OC2c2ccc(C3CC3)cc21. The number of amides is 1. The minimum absolute atomic E-state index is 0.0181. The molecule has 5 nitrogen and oxygen atoms in total. The van der Waals surface area contributed by atoms with Crippen LogP contribution in [0.2, 0.25) is 0 Å². The second kappa shape index (κ2) is 7.29. The molecule has 6 rings (SSSR count). The Hall–Kier alpha value is -3.44. The van der Waals surface area contributed by atoms with Crippen molar-refractivity contribution in [1.29, 1.82) is 5.41 Å². The Morgan fingerprint density at radius 3 is 2.24 bits per heavy atom. The van der Waals surface area contributed by atoms with E-state index in [4.69, 9.17) is 15.9 Å². The van der Waals surface area contributed by atoms with E-state index >= 15 is 0 Å². The van der Waals surface area contributed by atoms with Crippen molar-refractivity contribution in [1.82, 2.24) is 5.32 Å². The van der Waals surface area contributed by atoms with Gasteiger partial charge in [-0.2, -0.15) is 0 Å². The van der Waals surface area contributed by atoms with Crippen molar-refractivity contribution in [3.05, 3.63) is 104 Å². The normalized spacial score (nSPS) is 19.8. The molecular weight excluding hydrogens is 410 g/mol. The molecule has 0 saturated heterocycles. The smallest absolute Gasteiger partial charge is 0.251 e. The molecule has 1 aliphatic carbocycles. The van der Waals surface area contributed by atoms with E-state index in [0.717, 1.165) is 22.3 Å². The first-order valence-corrected chi connectivity index (χ1v) is 11.6. The van der Waals surface area contributed by atoms with Crippen LogP contribution in [0.3, 0.4) is 0 Å². The first-order valence-electron chi connectivity index (χ1n) is 11.6. The largest absolute Gasteiger partial charge is 0.384 e. The molecule has 4 N–H and O–H groups in total. The highest BCUT2D eigenvalue weighted by Crippen LogP contribution is 2.55. The van der Waals surface area contributed by atoms with Crippen molar-refractivity contribution >= 4 is 11.7 Å². The topological polar surface area (TPSA) is 88.2 Å². The van der Waals surface area contributed by atoms with Gasteiger partial charge < -0.3 is 15.8 Å². The number of rotatable bonds is 5. The highest BCUT2D eigenvalue weighted by atomic mass is 16.5. The van der Waals surface area contributed by atoms with E-state index in [1.807, 2.05) is 44.2 Å². The second-order valence-corrected chi connectivity index (χ2v) is 9.59. The highest BCUT2D eigenvalue weighted by molar-refractivity contribution is 5.96. The fraction of sp³-hybridized carbons (Fsp3) is 0.286. The van der Waals surface area contributed by atoms with Crippen LogP contribution >= 0.6 is 0 Å². The molecule has 0 radical (unpaired) electrons. The monoisotopic (exact) mass is 437 g/mol. The molecule has 166 valence electrons. The lowest BCUT2D eigenvalue weighted by atomic mass is 9.84. The number of nitrogens with one attached hydrogen (secondary N) is 2. The van der Waals surface area contributed by atoms with Gasteiger partial charge in [-0.05, 0) is 101 Å². The zero-order chi connectivity index (χ0) is 22.9. The molecule has 2 atom stereocenters. The number of hydrogen-bond acceptors (Lipinski definition) is 3. The summed E-state index contributed by atoms with van der Waals surface area (Å²) < 4.78 is 6.34. The predicted octanol–water partition coefficient (Wildman–Crippen LogP) is 4.92. The third-order valence-electron chi connectivity index (χ3n) is 7.34. The summed E-state index contributed by atoms with van der Waals surface area (Å²) >= 11 is 0. The quantitative estimate of drug-likeness (QED) is 0.391. The molecule has 2 heterocycles. The van der Waals surface area contributed by atoms with Crippen LogP contribution in [0.25, 0.3) is 0 Å². The van der Waals surface area contributed by atoms with Gasteiger partial charge in [-0.1, -0.05) is 24.3 Å². The van der Waals surface area contributed by atoms with Crippen LogP contribution < -0.4 is 11.1 Å². The van der Waals surface area contributed by atoms with Crippen molar-refractivity contribution in [3.8, 4) is 0 Å². The summed E-state index contributed by atoms with van der Waals surface area (Å²) in [7, 11) is 0. The van der Waals surface area contributed by atoms with E-state index in [2.05, 4.69) is 23.5 Å². The standard InChI is InChI=1S/C28H27N3O2/c1-14-9-19(27(29)30)10-15(2)24(14)13-31-28(32)18-6-8-21-23(12-18)26-22-11-17(16-3-4-16)5-7-20(22)25(21)33-26/h5-12,16,25-26H,3-4,13H2,1-2H3,(H3,29,30)(H,31,32). The van der Waals surface area contributed by atoms with E-state index in [-0.39, 0.29) is 24.0 Å². The molecule has 2 bridgehead atoms. The maximum Gasteiger partial charge on any atom is 0.251 e. The molecule has 0 aromatic heterocycles. The van der Waals surface area contributed by atoms with Crippen LogP contribution in [0.4, 0.5) is 0 Å². The van der Waals surface area contributed by atoms with Gasteiger partial charge in [0, 0.05) is 17.7 Å². The highest BCUT2D eigenvalue weighted by Gasteiger charge is 2.43. The average Bonchev–Trinajstić information content (AvgIpc) is 3.50. The summed E-state index contributed by atoms with van der Waals surface area (Å²) in [5, 5.41) is 10.7. The van der Waals surface area contributed by atoms with Crippen LogP contribution in [-0.2, 0) is 11.3 Å². The van der Waals surface area contributed by atoms with E-state index in [9.17, 15) is 4.79 Å². The van der Waals surface area contributed by atoms with Crippen molar-refractivity contribution < 1.29 is 9.53 Å². The molecular formula is C28H27N3O2. The Balaban J connectivity index is 1.23. The molecule has 2 aliphatic heterocycles. The van der Waals surface area contributed by atoms with E-state index < -0.39 is 0 Å². The lowest BCUT2D eigenvalue weighted by molar-refractivity contribution is 0.0857. The maximum absolute atomic E-state index is 13.0. The van der Waals surface area contributed by atoms with Gasteiger partial charge >= 0.3 is 0 Å². The van der Waals surface area contributed by atoms with Gasteiger partial charge in [-0.3, -0.25) is 10.2 Å². The molecule has 5 heteroatoms. The maximum atomic E-state index is 13.0. The van der Waals surface area contributed by atoms with Gasteiger partial charge in [0.2, 0.25) is 0 Å². The summed E-state index contributed by atoms with van der Waals surface area (Å²) in [5.74, 6) is 0.668. The summed E-state index contributed by atoms with van der Waals surface area (Å²) in [6.45, 7) is 4.40. The van der Waals surface area contributed by atoms with Gasteiger partial charge in [0.1, 0.15) is 18.0 Å². The minimum Gasteiger partial charge on any atom is -0.384 e. The van der Waals surface area contributed by atoms with Crippen LogP contribution in [-0.4, -0.2) is 11.7 Å². The number of hydrogen-bond donors (Lipinski definition) is 3. The molecule has 3 aliphatic rings. The number of nitrogen functional groups attached to an aromatic ring is 1. The zero-order valence-electron chi connectivity index (χ0n) is 18.9. The zero-order valence-corrected chi connectivity index (χ0v) is 18.9. The van der Waals surface area contributed by atoms with E-state index in [1.54, 1.807) is 0 Å². The Labute approximate surface area is 193 Å². The fourth-order valence-corrected chi connectivity index (χ4v) is 5.37. The third-order valence-corrected chi connectivity index (χ3v) is 7.34. The third kappa shape index (κ3) is 3.26. The summed E-state index contributed by atoms with van der Waals surface area (Å²) in [4.78, 5) is 13.0. The number of carbonyl (C=O) groups is 1. The number of nitrogens with two attached hydrogens (primary N) is 1. The van der Waals surface area contributed by atoms with Gasteiger partial charge in [0.25, 0.3) is 5.91 Å². The van der Waals surface area contributed by atoms with E-state index in [1.165, 1.54) is 35.1 Å². The lowest BCUT2D eigenvalue weighted by Gasteiger charge is -2.18. The molecule has 3 aromatic carbocycles. The van der Waals surface area contributed by atoms with Gasteiger partial charge in [0.15, 0.2) is 0 Å². The number of aryl methyl sites for hydroxylation is 2. The summed E-state index contributed by atoms with van der Waals surface area (Å²) in [5.41, 5.74) is 16.3. The van der Waals surface area contributed by atoms with Gasteiger partial charge in [-0.25, -0.2) is 0 Å². The molecule has 0 spiro atoms. The van der Waals surface area contributed by atoms with E-state index in [0.29, 0.717) is 23.6 Å². The molecule has 1 fully saturated rings. The van der Waals surface area contributed by atoms with Crippen LogP contribution in [0.1, 0.15) is 91.4 Å². The lowest BCUT2D eigenvalue weighted by Crippen LogP contribution is -2.24. The summed E-state index contributed by atoms with van der Waals surface area (Å²) in [6, 6.07) is 16.6. The number of amidine groups is 1. The Morgan fingerprint density at radius 1 is 0.939 bits per heavy atom. The Morgan fingerprint density at radius 2 is 1.58 bits per heavy atom. The second-order valence-electron chi connectivity index (χ2n) is 9.59. The Kier molecular flexibility index (Phi) is 4.46. The van der Waals surface area contributed by atoms with Crippen LogP contribution in [0.5, 0.6) is 0 Å². The van der Waals surface area contributed by atoms with Gasteiger partial charge in [0.05, 0.1) is 0 Å². The minimum atomic E-state index is -0.0954. The number of carbonyl (C=O) groups excluding carboxylic acids is 1. The number of benzene rings is 3. The molecule has 3 aromatic rings. The molecule has 1 saturated carbocycles. The molecule has 33 heavy (non-hydrogen) atoms. The van der Waals surface area contributed by atoms with Crippen LogP contribution in [0, 0.1) is 19.3 Å². The Bertz CT molecular complexity index is 1320. The van der Waals surface area contributed by atoms with Gasteiger partial charge in [-0.15, -0.1) is 0 Å². The number of ether oxygens (including phenoxy) is 1. The first kappa shape index (κ1) is 20.2. The van der Waals surface area contributed by atoms with Crippen molar-refractivity contribution in [3.63, 3.8) is 0 Å². The molecule has 2 unspecified atom stereocenters. The summed E-state index contributed by atoms with van der Waals surface area (Å²) in [6.07, 6.45) is 2.47. The van der Waals surface area contributed by atoms with Crippen molar-refractivity contribution in [2.75, 3.05) is 0 Å². The molecule has 1 amide bonds. The fourth-order valence-electron chi connectivity index (χ4n) is 5.37. The predicted molar refractivity (Wildman–Crippen MR) is 128 cm³/mol. The average molecular weight is 438 g/mol.